The van der Waals surface area contributed by atoms with Gasteiger partial charge in [-0.25, -0.2) is 8.42 Å². The van der Waals surface area contributed by atoms with Gasteiger partial charge in [0.2, 0.25) is 15.9 Å². The number of amides is 1. The van der Waals surface area contributed by atoms with Crippen molar-refractivity contribution in [2.75, 3.05) is 0 Å². The molecule has 0 saturated carbocycles. The molecule has 7 nitrogen and oxygen atoms in total. The summed E-state index contributed by atoms with van der Waals surface area (Å²) in [5.74, 6) is -0.813. The topological polar surface area (TPSA) is 107 Å². The van der Waals surface area contributed by atoms with Gasteiger partial charge in [0.25, 0.3) is 0 Å². The number of sulfonamides is 1. The molecular formula is C13H15ClN4O3S. The van der Waals surface area contributed by atoms with E-state index in [2.05, 4.69) is 9.82 Å². The van der Waals surface area contributed by atoms with Crippen molar-refractivity contribution in [3.63, 3.8) is 0 Å². The van der Waals surface area contributed by atoms with Crippen molar-refractivity contribution in [1.29, 1.82) is 0 Å². The molecule has 0 aliphatic rings. The van der Waals surface area contributed by atoms with E-state index in [1.165, 1.54) is 18.7 Å². The Hall–Kier alpha value is -1.90. The third kappa shape index (κ3) is 3.13. The molecule has 118 valence electrons. The van der Waals surface area contributed by atoms with E-state index < -0.39 is 22.0 Å². The number of nitrogens with one attached hydrogen (secondary N) is 1. The van der Waals surface area contributed by atoms with Crippen LogP contribution in [0.2, 0.25) is 5.15 Å². The van der Waals surface area contributed by atoms with Gasteiger partial charge in [0.15, 0.2) is 0 Å². The number of primary amides is 1. The van der Waals surface area contributed by atoms with Gasteiger partial charge in [-0.3, -0.25) is 9.48 Å². The first-order chi connectivity index (χ1) is 10.2. The van der Waals surface area contributed by atoms with Gasteiger partial charge in [-0.1, -0.05) is 41.9 Å². The number of rotatable bonds is 5. The van der Waals surface area contributed by atoms with Crippen LogP contribution in [0.1, 0.15) is 17.3 Å². The molecule has 0 spiro atoms. The highest BCUT2D eigenvalue weighted by atomic mass is 35.5. The predicted octanol–water partition coefficient (Wildman–Crippen LogP) is 0.887. The van der Waals surface area contributed by atoms with E-state index in [1.807, 2.05) is 0 Å². The summed E-state index contributed by atoms with van der Waals surface area (Å²) in [5.41, 5.74) is 5.99. The number of aryl methyl sites for hydroxylation is 2. The summed E-state index contributed by atoms with van der Waals surface area (Å²) in [5, 5.41) is 3.91. The molecule has 0 aliphatic carbocycles. The average molecular weight is 343 g/mol. The van der Waals surface area contributed by atoms with E-state index in [0.717, 1.165) is 0 Å². The summed E-state index contributed by atoms with van der Waals surface area (Å²) in [6.45, 7) is 1.52. The largest absolute Gasteiger partial charge is 0.368 e. The van der Waals surface area contributed by atoms with Crippen LogP contribution in [0.15, 0.2) is 35.2 Å². The first-order valence-electron chi connectivity index (χ1n) is 6.29. The minimum Gasteiger partial charge on any atom is -0.368 e. The second kappa shape index (κ2) is 6.07. The Morgan fingerprint density at radius 3 is 2.41 bits per heavy atom. The average Bonchev–Trinajstić information content (AvgIpc) is 2.70. The summed E-state index contributed by atoms with van der Waals surface area (Å²) in [6.07, 6.45) is 0. The van der Waals surface area contributed by atoms with Gasteiger partial charge in [0, 0.05) is 7.05 Å². The van der Waals surface area contributed by atoms with Gasteiger partial charge in [-0.05, 0) is 12.5 Å². The van der Waals surface area contributed by atoms with E-state index >= 15 is 0 Å². The lowest BCUT2D eigenvalue weighted by atomic mass is 10.1. The lowest BCUT2D eigenvalue weighted by molar-refractivity contribution is -0.119. The number of hydrogen-bond donors (Lipinski definition) is 2. The molecular weight excluding hydrogens is 328 g/mol. The molecule has 1 aromatic carbocycles. The number of carbonyl (C=O) groups is 1. The number of carbonyl (C=O) groups excluding carboxylic acids is 1. The van der Waals surface area contributed by atoms with Crippen LogP contribution in [0.5, 0.6) is 0 Å². The minimum atomic E-state index is -4.06. The van der Waals surface area contributed by atoms with Crippen molar-refractivity contribution < 1.29 is 13.2 Å². The zero-order valence-corrected chi connectivity index (χ0v) is 13.5. The van der Waals surface area contributed by atoms with Gasteiger partial charge < -0.3 is 5.73 Å². The first kappa shape index (κ1) is 16.5. The molecule has 0 fully saturated rings. The van der Waals surface area contributed by atoms with E-state index in [1.54, 1.807) is 30.3 Å². The monoisotopic (exact) mass is 342 g/mol. The quantitative estimate of drug-likeness (QED) is 0.841. The molecule has 2 rings (SSSR count). The van der Waals surface area contributed by atoms with E-state index in [9.17, 15) is 13.2 Å². The van der Waals surface area contributed by atoms with E-state index in [4.69, 9.17) is 17.3 Å². The second-order valence-electron chi connectivity index (χ2n) is 4.70. The Morgan fingerprint density at radius 2 is 1.95 bits per heavy atom. The molecule has 9 heteroatoms. The summed E-state index contributed by atoms with van der Waals surface area (Å²) in [6, 6.07) is 7.13. The predicted molar refractivity (Wildman–Crippen MR) is 81.7 cm³/mol. The van der Waals surface area contributed by atoms with Crippen molar-refractivity contribution in [3.8, 4) is 0 Å². The van der Waals surface area contributed by atoms with Crippen LogP contribution in [-0.4, -0.2) is 24.1 Å². The number of halogens is 1. The number of benzene rings is 1. The number of nitrogens with two attached hydrogens (primary N) is 1. The Labute approximate surface area is 133 Å². The van der Waals surface area contributed by atoms with Crippen LogP contribution in [0.3, 0.4) is 0 Å². The molecule has 0 radical (unpaired) electrons. The van der Waals surface area contributed by atoms with Crippen LogP contribution < -0.4 is 10.5 Å². The molecule has 1 aromatic heterocycles. The molecule has 0 saturated heterocycles. The number of aromatic nitrogens is 2. The highest BCUT2D eigenvalue weighted by Crippen LogP contribution is 2.26. The van der Waals surface area contributed by atoms with Crippen molar-refractivity contribution in [2.45, 2.75) is 17.9 Å². The molecule has 2 aromatic rings. The third-order valence-electron chi connectivity index (χ3n) is 3.06. The van der Waals surface area contributed by atoms with E-state index in [0.29, 0.717) is 5.56 Å². The Morgan fingerprint density at radius 1 is 1.36 bits per heavy atom. The summed E-state index contributed by atoms with van der Waals surface area (Å²) in [4.78, 5) is 11.5. The highest BCUT2D eigenvalue weighted by Gasteiger charge is 2.30. The normalized spacial score (nSPS) is 13.0. The molecule has 1 heterocycles. The molecule has 1 amide bonds. The minimum absolute atomic E-state index is 0.0405. The number of hydrogen-bond acceptors (Lipinski definition) is 4. The van der Waals surface area contributed by atoms with Gasteiger partial charge in [0.1, 0.15) is 16.1 Å². The summed E-state index contributed by atoms with van der Waals surface area (Å²) < 4.78 is 28.6. The van der Waals surface area contributed by atoms with Crippen LogP contribution in [-0.2, 0) is 21.9 Å². The zero-order valence-electron chi connectivity index (χ0n) is 11.9. The lowest BCUT2D eigenvalue weighted by Gasteiger charge is -2.16. The SMILES string of the molecule is Cc1nn(C)c(Cl)c1S(=O)(=O)N[C@@H](C(N)=O)c1ccccc1. The van der Waals surface area contributed by atoms with Crippen molar-refractivity contribution in [3.05, 3.63) is 46.7 Å². The van der Waals surface area contributed by atoms with Crippen LogP contribution in [0.4, 0.5) is 0 Å². The Bertz CT molecular complexity index is 802. The summed E-state index contributed by atoms with van der Waals surface area (Å²) in [7, 11) is -2.53. The number of nitrogens with zero attached hydrogens (tertiary/aromatic N) is 2. The fourth-order valence-corrected chi connectivity index (χ4v) is 4.01. The lowest BCUT2D eigenvalue weighted by Crippen LogP contribution is -2.37. The maximum absolute atomic E-state index is 12.5. The first-order valence-corrected chi connectivity index (χ1v) is 8.16. The van der Waals surface area contributed by atoms with Crippen molar-refractivity contribution in [1.82, 2.24) is 14.5 Å². The molecule has 0 bridgehead atoms. The smallest absolute Gasteiger partial charge is 0.246 e. The Kier molecular flexibility index (Phi) is 4.55. The highest BCUT2D eigenvalue weighted by molar-refractivity contribution is 7.89. The van der Waals surface area contributed by atoms with Crippen molar-refractivity contribution >= 4 is 27.5 Å². The second-order valence-corrected chi connectivity index (χ2v) is 6.71. The van der Waals surface area contributed by atoms with Crippen LogP contribution >= 0.6 is 11.6 Å². The maximum atomic E-state index is 12.5. The molecule has 1 atom stereocenters. The van der Waals surface area contributed by atoms with Crippen LogP contribution in [0, 0.1) is 6.92 Å². The van der Waals surface area contributed by atoms with Crippen LogP contribution in [0.25, 0.3) is 0 Å². The summed E-state index contributed by atoms with van der Waals surface area (Å²) >= 11 is 5.97. The molecule has 3 N–H and O–H groups in total. The van der Waals surface area contributed by atoms with E-state index in [-0.39, 0.29) is 15.7 Å². The fraction of sp³-hybridized carbons (Fsp3) is 0.231. The van der Waals surface area contributed by atoms with Gasteiger partial charge in [0.05, 0.1) is 5.69 Å². The fourth-order valence-electron chi connectivity index (χ4n) is 2.07. The van der Waals surface area contributed by atoms with Gasteiger partial charge in [-0.2, -0.15) is 9.82 Å². The Balaban J connectivity index is 2.44. The van der Waals surface area contributed by atoms with Gasteiger partial charge in [-0.15, -0.1) is 0 Å². The third-order valence-corrected chi connectivity index (χ3v) is 5.18. The molecule has 0 unspecified atom stereocenters. The van der Waals surface area contributed by atoms with Gasteiger partial charge >= 0.3 is 0 Å². The standard InChI is InChI=1S/C13H15ClN4O3S/c1-8-11(12(14)18(2)16-8)22(20,21)17-10(13(15)19)9-6-4-3-5-7-9/h3-7,10,17H,1-2H3,(H2,15,19)/t10-/m1/s1. The maximum Gasteiger partial charge on any atom is 0.246 e. The van der Waals surface area contributed by atoms with Crippen molar-refractivity contribution in [2.24, 2.45) is 12.8 Å². The molecule has 0 aliphatic heterocycles. The molecule has 22 heavy (non-hydrogen) atoms. The zero-order chi connectivity index (χ0) is 16.5.